The summed E-state index contributed by atoms with van der Waals surface area (Å²) in [5, 5.41) is 9.55. The lowest BCUT2D eigenvalue weighted by Crippen LogP contribution is -2.30. The third-order valence-electron chi connectivity index (χ3n) is 2.47. The Balaban J connectivity index is 2.52. The number of ether oxygens (including phenoxy) is 2. The number of aliphatic hydroxyl groups is 1. The molecule has 0 bridgehead atoms. The summed E-state index contributed by atoms with van der Waals surface area (Å²) in [5.41, 5.74) is 0. The van der Waals surface area contributed by atoms with Gasteiger partial charge in [-0.05, 0) is 12.2 Å². The van der Waals surface area contributed by atoms with Crippen molar-refractivity contribution in [3.8, 4) is 0 Å². The fourth-order valence-electron chi connectivity index (χ4n) is 1.85. The molecule has 12 heavy (non-hydrogen) atoms. The molecule has 1 aliphatic carbocycles. The maximum absolute atomic E-state index is 9.55. The van der Waals surface area contributed by atoms with Crippen molar-refractivity contribution in [3.05, 3.63) is 0 Å². The smallest absolute Gasteiger partial charge is 0.0875 e. The minimum absolute atomic E-state index is 0.167. The highest BCUT2D eigenvalue weighted by Crippen LogP contribution is 2.35. The second-order valence-corrected chi connectivity index (χ2v) is 3.31. The third kappa shape index (κ3) is 1.81. The molecule has 0 saturated heterocycles. The maximum Gasteiger partial charge on any atom is 0.0875 e. The van der Waals surface area contributed by atoms with E-state index in [1.165, 1.54) is 0 Å². The van der Waals surface area contributed by atoms with Gasteiger partial charge in [0.25, 0.3) is 0 Å². The Morgan fingerprint density at radius 3 is 2.67 bits per heavy atom. The van der Waals surface area contributed by atoms with Crippen LogP contribution in [0, 0.1) is 5.92 Å². The summed E-state index contributed by atoms with van der Waals surface area (Å²) in [6.07, 6.45) is 0.0585. The van der Waals surface area contributed by atoms with E-state index in [9.17, 15) is 5.11 Å². The molecule has 0 amide bonds. The standard InChI is InChI=1S/C8H15BO3/c1-11-4-5-3-6(9)7(10)8(5)12-2/h5-8,10H,3-4H2,1-2H3/t5-,6-,7?,8?/m1/s1. The summed E-state index contributed by atoms with van der Waals surface area (Å²) in [4.78, 5) is 0. The lowest BCUT2D eigenvalue weighted by Gasteiger charge is -2.20. The van der Waals surface area contributed by atoms with Gasteiger partial charge in [-0.25, -0.2) is 0 Å². The average Bonchev–Trinajstić information content (AvgIpc) is 2.29. The van der Waals surface area contributed by atoms with Gasteiger partial charge in [0, 0.05) is 20.1 Å². The molecular formula is C8H15BO3. The molecule has 3 nitrogen and oxygen atoms in total. The van der Waals surface area contributed by atoms with E-state index in [-0.39, 0.29) is 17.8 Å². The molecule has 0 heterocycles. The Labute approximate surface area is 74.5 Å². The Bertz CT molecular complexity index is 142. The van der Waals surface area contributed by atoms with Crippen LogP contribution in [-0.2, 0) is 9.47 Å². The summed E-state index contributed by atoms with van der Waals surface area (Å²) in [7, 11) is 8.91. The van der Waals surface area contributed by atoms with Crippen molar-refractivity contribution in [1.29, 1.82) is 0 Å². The van der Waals surface area contributed by atoms with Crippen LogP contribution in [0.15, 0.2) is 0 Å². The van der Waals surface area contributed by atoms with Gasteiger partial charge in [0.2, 0.25) is 0 Å². The number of hydrogen-bond donors (Lipinski definition) is 1. The van der Waals surface area contributed by atoms with Gasteiger partial charge in [-0.3, -0.25) is 0 Å². The van der Waals surface area contributed by atoms with Crippen LogP contribution in [0.5, 0.6) is 0 Å². The molecule has 1 N–H and O–H groups in total. The van der Waals surface area contributed by atoms with Crippen molar-refractivity contribution in [1.82, 2.24) is 0 Å². The van der Waals surface area contributed by atoms with Gasteiger partial charge in [0.15, 0.2) is 0 Å². The maximum atomic E-state index is 9.55. The molecule has 2 unspecified atom stereocenters. The molecule has 2 radical (unpaired) electrons. The number of hydrogen-bond acceptors (Lipinski definition) is 3. The highest BCUT2D eigenvalue weighted by molar-refractivity contribution is 6.12. The molecule has 0 aromatic heterocycles. The summed E-state index contributed by atoms with van der Waals surface area (Å²) in [6, 6.07) is 0. The van der Waals surface area contributed by atoms with Crippen LogP contribution < -0.4 is 0 Å². The first kappa shape index (κ1) is 10.0. The number of rotatable bonds is 3. The zero-order valence-electron chi connectivity index (χ0n) is 7.56. The van der Waals surface area contributed by atoms with Crippen LogP contribution in [0.25, 0.3) is 0 Å². The molecular weight excluding hydrogens is 155 g/mol. The monoisotopic (exact) mass is 170 g/mol. The second kappa shape index (κ2) is 4.26. The van der Waals surface area contributed by atoms with Crippen LogP contribution in [0.2, 0.25) is 5.82 Å². The highest BCUT2D eigenvalue weighted by Gasteiger charge is 2.39. The van der Waals surface area contributed by atoms with Crippen molar-refractivity contribution < 1.29 is 14.6 Å². The highest BCUT2D eigenvalue weighted by atomic mass is 16.5. The molecule has 0 spiro atoms. The van der Waals surface area contributed by atoms with Gasteiger partial charge in [-0.1, -0.05) is 0 Å². The zero-order chi connectivity index (χ0) is 9.14. The summed E-state index contributed by atoms with van der Waals surface area (Å²) in [5.74, 6) is 0.0556. The predicted molar refractivity (Wildman–Crippen MR) is 46.3 cm³/mol. The molecule has 0 aromatic rings. The van der Waals surface area contributed by atoms with E-state index in [4.69, 9.17) is 17.3 Å². The third-order valence-corrected chi connectivity index (χ3v) is 2.47. The van der Waals surface area contributed by atoms with E-state index in [2.05, 4.69) is 0 Å². The van der Waals surface area contributed by atoms with Crippen LogP contribution in [0.4, 0.5) is 0 Å². The molecule has 1 fully saturated rings. The normalized spacial score (nSPS) is 41.9. The summed E-state index contributed by atoms with van der Waals surface area (Å²) >= 11 is 0. The fourth-order valence-corrected chi connectivity index (χ4v) is 1.85. The molecule has 1 rings (SSSR count). The number of aliphatic hydroxyl groups excluding tert-OH is 1. The lowest BCUT2D eigenvalue weighted by molar-refractivity contribution is -0.0288. The van der Waals surface area contributed by atoms with E-state index >= 15 is 0 Å². The van der Waals surface area contributed by atoms with Crippen molar-refractivity contribution in [2.45, 2.75) is 24.4 Å². The Kier molecular flexibility index (Phi) is 3.56. The van der Waals surface area contributed by atoms with Crippen LogP contribution in [0.1, 0.15) is 6.42 Å². The van der Waals surface area contributed by atoms with Gasteiger partial charge in [-0.15, -0.1) is 0 Å². The molecule has 4 heteroatoms. The van der Waals surface area contributed by atoms with Gasteiger partial charge in [0.1, 0.15) is 0 Å². The molecule has 1 aliphatic rings. The van der Waals surface area contributed by atoms with E-state index in [1.54, 1.807) is 14.2 Å². The van der Waals surface area contributed by atoms with Crippen molar-refractivity contribution >= 4 is 7.85 Å². The minimum atomic E-state index is -0.546. The first-order chi connectivity index (χ1) is 5.70. The molecule has 1 saturated carbocycles. The largest absolute Gasteiger partial charge is 0.391 e. The SMILES string of the molecule is [B][C@@H]1C[C@H](COC)C(OC)C1O. The molecule has 68 valence electrons. The van der Waals surface area contributed by atoms with Crippen molar-refractivity contribution in [2.24, 2.45) is 5.92 Å². The summed E-state index contributed by atoms with van der Waals surface area (Å²) in [6.45, 7) is 0.600. The Morgan fingerprint density at radius 2 is 2.17 bits per heavy atom. The predicted octanol–water partition coefficient (Wildman–Crippen LogP) is -0.0144. The Morgan fingerprint density at radius 1 is 1.50 bits per heavy atom. The lowest BCUT2D eigenvalue weighted by atomic mass is 9.84. The van der Waals surface area contributed by atoms with E-state index < -0.39 is 6.10 Å². The van der Waals surface area contributed by atoms with E-state index in [0.29, 0.717) is 6.61 Å². The minimum Gasteiger partial charge on any atom is -0.391 e. The van der Waals surface area contributed by atoms with Crippen molar-refractivity contribution in [2.75, 3.05) is 20.8 Å². The Hall–Kier alpha value is -0.0551. The van der Waals surface area contributed by atoms with Crippen LogP contribution in [0.3, 0.4) is 0 Å². The fraction of sp³-hybridized carbons (Fsp3) is 1.00. The topological polar surface area (TPSA) is 38.7 Å². The van der Waals surface area contributed by atoms with Gasteiger partial charge in [0.05, 0.1) is 26.7 Å². The van der Waals surface area contributed by atoms with Crippen molar-refractivity contribution in [3.63, 3.8) is 0 Å². The van der Waals surface area contributed by atoms with Gasteiger partial charge in [-0.2, -0.15) is 0 Å². The van der Waals surface area contributed by atoms with Crippen LogP contribution >= 0.6 is 0 Å². The molecule has 0 aliphatic heterocycles. The summed E-state index contributed by atoms with van der Waals surface area (Å²) < 4.78 is 10.2. The molecule has 0 aromatic carbocycles. The zero-order valence-corrected chi connectivity index (χ0v) is 7.56. The van der Waals surface area contributed by atoms with E-state index in [1.807, 2.05) is 0 Å². The second-order valence-electron chi connectivity index (χ2n) is 3.31. The quantitative estimate of drug-likeness (QED) is 0.605. The van der Waals surface area contributed by atoms with E-state index in [0.717, 1.165) is 6.42 Å². The average molecular weight is 170 g/mol. The first-order valence-electron chi connectivity index (χ1n) is 4.16. The number of methoxy groups -OCH3 is 2. The van der Waals surface area contributed by atoms with Gasteiger partial charge >= 0.3 is 0 Å². The first-order valence-corrected chi connectivity index (χ1v) is 4.16. The van der Waals surface area contributed by atoms with Crippen LogP contribution in [-0.4, -0.2) is 46.0 Å². The van der Waals surface area contributed by atoms with Gasteiger partial charge < -0.3 is 14.6 Å². The molecule has 4 atom stereocenters.